The third kappa shape index (κ3) is 2.99. The number of nitrogens with two attached hydrogens (primary N) is 2. The van der Waals surface area contributed by atoms with E-state index < -0.39 is 0 Å². The molecule has 0 spiro atoms. The van der Waals surface area contributed by atoms with Crippen molar-refractivity contribution in [3.05, 3.63) is 12.2 Å². The lowest BCUT2D eigenvalue weighted by Gasteiger charge is -2.21. The maximum Gasteiger partial charge on any atom is 0.0334 e. The van der Waals surface area contributed by atoms with Crippen molar-refractivity contribution in [1.82, 2.24) is 0 Å². The predicted octanol–water partition coefficient (Wildman–Crippen LogP) is 1.02. The van der Waals surface area contributed by atoms with Crippen LogP contribution in [-0.2, 0) is 0 Å². The van der Waals surface area contributed by atoms with Crippen molar-refractivity contribution in [2.45, 2.75) is 32.2 Å². The minimum Gasteiger partial charge on any atom is -0.327 e. The van der Waals surface area contributed by atoms with E-state index in [1.165, 1.54) is 0 Å². The molecule has 0 radical (unpaired) electrons. The highest BCUT2D eigenvalue weighted by molar-refractivity contribution is 5.03. The van der Waals surface area contributed by atoms with Gasteiger partial charge < -0.3 is 11.5 Å². The van der Waals surface area contributed by atoms with Crippen LogP contribution in [0.25, 0.3) is 0 Å². The largest absolute Gasteiger partial charge is 0.327 e. The fourth-order valence-corrected chi connectivity index (χ4v) is 0.788. The van der Waals surface area contributed by atoms with Gasteiger partial charge in [0, 0.05) is 12.1 Å². The fourth-order valence-electron chi connectivity index (χ4n) is 0.788. The third-order valence-electron chi connectivity index (χ3n) is 1.90. The van der Waals surface area contributed by atoms with Crippen LogP contribution in [-0.4, -0.2) is 12.1 Å². The van der Waals surface area contributed by atoms with Crippen molar-refractivity contribution < 1.29 is 0 Å². The van der Waals surface area contributed by atoms with Gasteiger partial charge >= 0.3 is 0 Å². The Hall–Kier alpha value is -0.340. The van der Waals surface area contributed by atoms with Gasteiger partial charge in [-0.1, -0.05) is 26.0 Å². The van der Waals surface area contributed by atoms with Gasteiger partial charge in [-0.25, -0.2) is 0 Å². The van der Waals surface area contributed by atoms with Crippen LogP contribution in [0.1, 0.15) is 26.7 Å². The highest BCUT2D eigenvalue weighted by atomic mass is 14.7. The Bertz CT molecular complexity index is 104. The standard InChI is InChI=1S/C8H18N2/c1-3-8(10,4-2)6-5-7-9/h5-6H,3-4,7,9-10H2,1-2H3/b6-5+. The number of hydrogen-bond donors (Lipinski definition) is 2. The average Bonchev–Trinajstić information content (AvgIpc) is 2.00. The fraction of sp³-hybridized carbons (Fsp3) is 0.750. The van der Waals surface area contributed by atoms with Crippen LogP contribution in [0.15, 0.2) is 12.2 Å². The summed E-state index contributed by atoms with van der Waals surface area (Å²) in [5.74, 6) is 0. The highest BCUT2D eigenvalue weighted by Gasteiger charge is 2.14. The summed E-state index contributed by atoms with van der Waals surface area (Å²) in [5.41, 5.74) is 11.1. The van der Waals surface area contributed by atoms with Crippen LogP contribution in [0.4, 0.5) is 0 Å². The van der Waals surface area contributed by atoms with Crippen LogP contribution in [0.3, 0.4) is 0 Å². The summed E-state index contributed by atoms with van der Waals surface area (Å²) in [6.07, 6.45) is 5.88. The van der Waals surface area contributed by atoms with Crippen molar-refractivity contribution in [1.29, 1.82) is 0 Å². The van der Waals surface area contributed by atoms with Crippen LogP contribution in [0, 0.1) is 0 Å². The van der Waals surface area contributed by atoms with Crippen molar-refractivity contribution in [2.75, 3.05) is 6.54 Å². The lowest BCUT2D eigenvalue weighted by molar-refractivity contribution is 0.492. The first-order valence-corrected chi connectivity index (χ1v) is 3.85. The first-order chi connectivity index (χ1) is 4.68. The second-order valence-corrected chi connectivity index (χ2v) is 2.58. The van der Waals surface area contributed by atoms with Gasteiger partial charge in [-0.05, 0) is 12.8 Å². The van der Waals surface area contributed by atoms with Gasteiger partial charge in [0.25, 0.3) is 0 Å². The topological polar surface area (TPSA) is 52.0 Å². The first-order valence-electron chi connectivity index (χ1n) is 3.85. The molecule has 0 aliphatic heterocycles. The summed E-state index contributed by atoms with van der Waals surface area (Å²) < 4.78 is 0. The molecule has 0 aromatic rings. The molecule has 0 fully saturated rings. The molecule has 0 amide bonds. The van der Waals surface area contributed by atoms with Crippen LogP contribution >= 0.6 is 0 Å². The molecule has 0 aromatic carbocycles. The molecular formula is C8H18N2. The summed E-state index contributed by atoms with van der Waals surface area (Å²) >= 11 is 0. The van der Waals surface area contributed by atoms with E-state index in [9.17, 15) is 0 Å². The van der Waals surface area contributed by atoms with Gasteiger partial charge in [0.05, 0.1) is 0 Å². The summed E-state index contributed by atoms with van der Waals surface area (Å²) in [5, 5.41) is 0. The minimum atomic E-state index is -0.126. The minimum absolute atomic E-state index is 0.126. The Kier molecular flexibility index (Phi) is 4.32. The SMILES string of the molecule is CCC(N)(/C=C/CN)CC. The maximum absolute atomic E-state index is 5.94. The van der Waals surface area contributed by atoms with Crippen LogP contribution in [0.5, 0.6) is 0 Å². The maximum atomic E-state index is 5.94. The molecule has 0 atom stereocenters. The molecule has 2 nitrogen and oxygen atoms in total. The third-order valence-corrected chi connectivity index (χ3v) is 1.90. The van der Waals surface area contributed by atoms with Crippen molar-refractivity contribution in [2.24, 2.45) is 11.5 Å². The van der Waals surface area contributed by atoms with Gasteiger partial charge in [0.15, 0.2) is 0 Å². The summed E-state index contributed by atoms with van der Waals surface area (Å²) in [6.45, 7) is 4.76. The van der Waals surface area contributed by atoms with E-state index in [0.29, 0.717) is 6.54 Å². The molecule has 10 heavy (non-hydrogen) atoms. The summed E-state index contributed by atoms with van der Waals surface area (Å²) in [6, 6.07) is 0. The van der Waals surface area contributed by atoms with E-state index in [4.69, 9.17) is 11.5 Å². The number of rotatable bonds is 4. The van der Waals surface area contributed by atoms with Gasteiger partial charge in [0.1, 0.15) is 0 Å². The van der Waals surface area contributed by atoms with Gasteiger partial charge in [0.2, 0.25) is 0 Å². The predicted molar refractivity (Wildman–Crippen MR) is 45.7 cm³/mol. The van der Waals surface area contributed by atoms with E-state index in [1.54, 1.807) is 0 Å². The number of hydrogen-bond acceptors (Lipinski definition) is 2. The van der Waals surface area contributed by atoms with Gasteiger partial charge in [-0.3, -0.25) is 0 Å². The van der Waals surface area contributed by atoms with Crippen LogP contribution in [0.2, 0.25) is 0 Å². The Morgan fingerprint density at radius 2 is 1.80 bits per heavy atom. The van der Waals surface area contributed by atoms with Crippen LogP contribution < -0.4 is 11.5 Å². The van der Waals surface area contributed by atoms with E-state index in [0.717, 1.165) is 12.8 Å². The van der Waals surface area contributed by atoms with E-state index in [1.807, 2.05) is 12.2 Å². The smallest absolute Gasteiger partial charge is 0.0334 e. The summed E-state index contributed by atoms with van der Waals surface area (Å²) in [4.78, 5) is 0. The molecule has 0 heterocycles. The van der Waals surface area contributed by atoms with E-state index in [-0.39, 0.29) is 5.54 Å². The normalized spacial score (nSPS) is 12.8. The second kappa shape index (κ2) is 4.47. The van der Waals surface area contributed by atoms with Crippen molar-refractivity contribution in [3.8, 4) is 0 Å². The summed E-state index contributed by atoms with van der Waals surface area (Å²) in [7, 11) is 0. The quantitative estimate of drug-likeness (QED) is 0.576. The van der Waals surface area contributed by atoms with Crippen molar-refractivity contribution in [3.63, 3.8) is 0 Å². The van der Waals surface area contributed by atoms with E-state index in [2.05, 4.69) is 13.8 Å². The molecule has 0 bridgehead atoms. The molecule has 0 saturated carbocycles. The zero-order valence-electron chi connectivity index (χ0n) is 6.93. The zero-order valence-corrected chi connectivity index (χ0v) is 6.93. The lowest BCUT2D eigenvalue weighted by Crippen LogP contribution is -2.35. The highest BCUT2D eigenvalue weighted by Crippen LogP contribution is 2.11. The molecule has 0 saturated heterocycles. The van der Waals surface area contributed by atoms with E-state index >= 15 is 0 Å². The Morgan fingerprint density at radius 1 is 1.30 bits per heavy atom. The molecule has 60 valence electrons. The molecule has 0 rings (SSSR count). The molecule has 0 unspecified atom stereocenters. The molecule has 4 N–H and O–H groups in total. The molecular weight excluding hydrogens is 124 g/mol. The Labute approximate surface area is 63.3 Å². The first kappa shape index (κ1) is 9.66. The van der Waals surface area contributed by atoms with Gasteiger partial charge in [-0.2, -0.15) is 0 Å². The Balaban J connectivity index is 3.92. The molecule has 0 aliphatic carbocycles. The average molecular weight is 142 g/mol. The van der Waals surface area contributed by atoms with Crippen molar-refractivity contribution >= 4 is 0 Å². The molecule has 0 aliphatic rings. The second-order valence-electron chi connectivity index (χ2n) is 2.58. The molecule has 0 aromatic heterocycles. The van der Waals surface area contributed by atoms with Gasteiger partial charge in [-0.15, -0.1) is 0 Å². The monoisotopic (exact) mass is 142 g/mol. The Morgan fingerprint density at radius 3 is 2.10 bits per heavy atom. The zero-order chi connectivity index (χ0) is 8.04. The molecule has 2 heteroatoms. The lowest BCUT2D eigenvalue weighted by atomic mass is 9.94.